The minimum absolute atomic E-state index is 0.124. The lowest BCUT2D eigenvalue weighted by Gasteiger charge is -2.31. The Morgan fingerprint density at radius 3 is 2.89 bits per heavy atom. The van der Waals surface area contributed by atoms with Crippen molar-refractivity contribution in [2.24, 2.45) is 0 Å². The first-order valence-electron chi connectivity index (χ1n) is 6.08. The van der Waals surface area contributed by atoms with E-state index in [1.165, 1.54) is 22.5 Å². The Morgan fingerprint density at radius 2 is 2.21 bits per heavy atom. The van der Waals surface area contributed by atoms with E-state index in [0.717, 1.165) is 12.8 Å². The minimum Gasteiger partial charge on any atom is -0.316 e. The summed E-state index contributed by atoms with van der Waals surface area (Å²) in [6, 6.07) is 4.44. The number of piperidine rings is 1. The van der Waals surface area contributed by atoms with Crippen LogP contribution in [0.15, 0.2) is 27.6 Å². The number of nitrogens with one attached hydrogen (secondary N) is 1. The molecule has 2 rings (SSSR count). The van der Waals surface area contributed by atoms with E-state index in [1.807, 2.05) is 0 Å². The summed E-state index contributed by atoms with van der Waals surface area (Å²) in [6.45, 7) is 0.817. The third-order valence-electron chi connectivity index (χ3n) is 3.33. The molecular weight excluding hydrogens is 335 g/mol. The summed E-state index contributed by atoms with van der Waals surface area (Å²) in [5, 5.41) is 3.07. The molecule has 1 atom stereocenters. The Morgan fingerprint density at radius 1 is 1.47 bits per heavy atom. The van der Waals surface area contributed by atoms with Gasteiger partial charge < -0.3 is 5.32 Å². The van der Waals surface area contributed by atoms with E-state index in [-0.39, 0.29) is 15.4 Å². The molecule has 1 saturated heterocycles. The molecule has 1 heterocycles. The number of benzene rings is 1. The maximum atomic E-state index is 14.0. The quantitative estimate of drug-likeness (QED) is 0.906. The summed E-state index contributed by atoms with van der Waals surface area (Å²) in [5.41, 5.74) is 0. The van der Waals surface area contributed by atoms with E-state index in [4.69, 9.17) is 0 Å². The number of halogens is 2. The zero-order valence-corrected chi connectivity index (χ0v) is 13.0. The molecule has 19 heavy (non-hydrogen) atoms. The van der Waals surface area contributed by atoms with Crippen LogP contribution >= 0.6 is 15.9 Å². The van der Waals surface area contributed by atoms with Gasteiger partial charge in [0, 0.05) is 19.1 Å². The first-order valence-corrected chi connectivity index (χ1v) is 8.31. The van der Waals surface area contributed by atoms with Crippen molar-refractivity contribution in [3.63, 3.8) is 0 Å². The zero-order valence-electron chi connectivity index (χ0n) is 10.6. The third-order valence-corrected chi connectivity index (χ3v) is 5.82. The number of likely N-dealkylation sites (N-methyl/N-ethyl adjacent to an activating group) is 1. The summed E-state index contributed by atoms with van der Waals surface area (Å²) < 4.78 is 40.4. The lowest BCUT2D eigenvalue weighted by atomic mass is 10.1. The van der Waals surface area contributed by atoms with Crippen LogP contribution in [-0.4, -0.2) is 38.9 Å². The van der Waals surface area contributed by atoms with Gasteiger partial charge in [-0.2, -0.15) is 4.31 Å². The Labute approximate surface area is 121 Å². The monoisotopic (exact) mass is 350 g/mol. The molecule has 0 spiro atoms. The van der Waals surface area contributed by atoms with E-state index in [1.54, 1.807) is 7.05 Å². The Balaban J connectivity index is 2.34. The van der Waals surface area contributed by atoms with Crippen LogP contribution in [-0.2, 0) is 10.0 Å². The van der Waals surface area contributed by atoms with E-state index in [9.17, 15) is 12.8 Å². The zero-order chi connectivity index (χ0) is 14.0. The van der Waals surface area contributed by atoms with Gasteiger partial charge in [-0.3, -0.25) is 0 Å². The molecule has 1 aliphatic rings. The van der Waals surface area contributed by atoms with Gasteiger partial charge in [-0.05, 0) is 48.0 Å². The van der Waals surface area contributed by atoms with Crippen molar-refractivity contribution in [1.82, 2.24) is 9.62 Å². The normalized spacial score (nSPS) is 21.5. The smallest absolute Gasteiger partial charge is 0.246 e. The molecule has 1 aliphatic heterocycles. The Hall–Kier alpha value is -0.500. The molecule has 0 saturated carbocycles. The fraction of sp³-hybridized carbons (Fsp3) is 0.500. The summed E-state index contributed by atoms with van der Waals surface area (Å²) in [6.07, 6.45) is 1.71. The van der Waals surface area contributed by atoms with Gasteiger partial charge in [0.1, 0.15) is 4.90 Å². The largest absolute Gasteiger partial charge is 0.316 e. The van der Waals surface area contributed by atoms with E-state index < -0.39 is 15.8 Å². The van der Waals surface area contributed by atoms with Crippen LogP contribution in [0.5, 0.6) is 0 Å². The molecular formula is C12H16BrFN2O2S. The second-order valence-corrected chi connectivity index (χ2v) is 7.30. The molecule has 1 aromatic carbocycles. The molecule has 0 bridgehead atoms. The maximum absolute atomic E-state index is 14.0. The molecule has 1 unspecified atom stereocenters. The van der Waals surface area contributed by atoms with Crippen molar-refractivity contribution in [1.29, 1.82) is 0 Å². The minimum atomic E-state index is -3.77. The summed E-state index contributed by atoms with van der Waals surface area (Å²) in [5.74, 6) is -0.728. The van der Waals surface area contributed by atoms with Gasteiger partial charge in [0.25, 0.3) is 0 Å². The highest BCUT2D eigenvalue weighted by Crippen LogP contribution is 2.26. The molecule has 0 amide bonds. The van der Waals surface area contributed by atoms with Crippen molar-refractivity contribution in [3.8, 4) is 0 Å². The summed E-state index contributed by atoms with van der Waals surface area (Å²) in [4.78, 5) is -0.265. The standard InChI is InChI=1S/C12H16BrFN2O2S/c1-15-9-4-3-7-16(8-9)19(17,18)11-6-2-5-10(13)12(11)14/h2,5-6,9,15H,3-4,7-8H2,1H3. The van der Waals surface area contributed by atoms with E-state index in [0.29, 0.717) is 13.1 Å². The highest BCUT2D eigenvalue weighted by Gasteiger charge is 2.32. The van der Waals surface area contributed by atoms with Crippen LogP contribution in [0.3, 0.4) is 0 Å². The first kappa shape index (κ1) is 14.9. The second kappa shape index (κ2) is 5.87. The molecule has 0 aliphatic carbocycles. The predicted octanol–water partition coefficient (Wildman–Crippen LogP) is 1.96. The van der Waals surface area contributed by atoms with Gasteiger partial charge in [-0.15, -0.1) is 0 Å². The summed E-state index contributed by atoms with van der Waals surface area (Å²) >= 11 is 3.02. The average molecular weight is 351 g/mol. The van der Waals surface area contributed by atoms with Gasteiger partial charge >= 0.3 is 0 Å². The topological polar surface area (TPSA) is 49.4 Å². The molecule has 4 nitrogen and oxygen atoms in total. The second-order valence-electron chi connectivity index (χ2n) is 4.54. The number of hydrogen-bond donors (Lipinski definition) is 1. The maximum Gasteiger partial charge on any atom is 0.246 e. The fourth-order valence-electron chi connectivity index (χ4n) is 2.22. The first-order chi connectivity index (χ1) is 8.96. The number of nitrogens with zero attached hydrogens (tertiary/aromatic N) is 1. The fourth-order valence-corrected chi connectivity index (χ4v) is 4.33. The van der Waals surface area contributed by atoms with Crippen LogP contribution < -0.4 is 5.32 Å². The van der Waals surface area contributed by atoms with Crippen molar-refractivity contribution in [3.05, 3.63) is 28.5 Å². The van der Waals surface area contributed by atoms with Crippen LogP contribution in [0.2, 0.25) is 0 Å². The van der Waals surface area contributed by atoms with Crippen molar-refractivity contribution < 1.29 is 12.8 Å². The molecule has 1 N–H and O–H groups in total. The van der Waals surface area contributed by atoms with E-state index >= 15 is 0 Å². The molecule has 0 radical (unpaired) electrons. The predicted molar refractivity (Wildman–Crippen MR) is 74.9 cm³/mol. The third kappa shape index (κ3) is 2.99. The van der Waals surface area contributed by atoms with Crippen molar-refractivity contribution in [2.75, 3.05) is 20.1 Å². The average Bonchev–Trinajstić information content (AvgIpc) is 2.41. The Bertz CT molecular complexity index is 565. The van der Waals surface area contributed by atoms with Crippen molar-refractivity contribution >= 4 is 26.0 Å². The van der Waals surface area contributed by atoms with Crippen LogP contribution in [0.1, 0.15) is 12.8 Å². The van der Waals surface area contributed by atoms with Crippen LogP contribution in [0.4, 0.5) is 4.39 Å². The molecule has 0 aromatic heterocycles. The lowest BCUT2D eigenvalue weighted by Crippen LogP contribution is -2.47. The van der Waals surface area contributed by atoms with Crippen molar-refractivity contribution in [2.45, 2.75) is 23.8 Å². The highest BCUT2D eigenvalue weighted by molar-refractivity contribution is 9.10. The number of sulfonamides is 1. The van der Waals surface area contributed by atoms with E-state index in [2.05, 4.69) is 21.2 Å². The van der Waals surface area contributed by atoms with Gasteiger partial charge in [0.15, 0.2) is 5.82 Å². The van der Waals surface area contributed by atoms with Gasteiger partial charge in [-0.1, -0.05) is 6.07 Å². The Kier molecular flexibility index (Phi) is 4.60. The van der Waals surface area contributed by atoms with Gasteiger partial charge in [0.2, 0.25) is 10.0 Å². The lowest BCUT2D eigenvalue weighted by molar-refractivity contribution is 0.292. The number of rotatable bonds is 3. The van der Waals surface area contributed by atoms with Crippen LogP contribution in [0.25, 0.3) is 0 Å². The number of hydrogen-bond acceptors (Lipinski definition) is 3. The molecule has 1 fully saturated rings. The van der Waals surface area contributed by atoms with Gasteiger partial charge in [0.05, 0.1) is 4.47 Å². The SMILES string of the molecule is CNC1CCCN(S(=O)(=O)c2cccc(Br)c2F)C1. The van der Waals surface area contributed by atoms with Gasteiger partial charge in [-0.25, -0.2) is 12.8 Å². The molecule has 106 valence electrons. The molecule has 1 aromatic rings. The highest BCUT2D eigenvalue weighted by atomic mass is 79.9. The molecule has 7 heteroatoms. The summed E-state index contributed by atoms with van der Waals surface area (Å²) in [7, 11) is -1.96. The van der Waals surface area contributed by atoms with Crippen LogP contribution in [0, 0.1) is 5.82 Å².